The average molecular weight is 376 g/mol. The minimum Gasteiger partial charge on any atom is -0.465 e. The normalized spacial score (nSPS) is 9.81. The van der Waals surface area contributed by atoms with E-state index < -0.39 is 33.2 Å². The number of amides is 2. The fraction of sp³-hybridized carbons (Fsp3) is 0.0714. The van der Waals surface area contributed by atoms with E-state index in [9.17, 15) is 29.8 Å². The van der Waals surface area contributed by atoms with Gasteiger partial charge in [-0.3, -0.25) is 36.4 Å². The average Bonchev–Trinajstić information content (AvgIpc) is 2.66. The van der Waals surface area contributed by atoms with E-state index in [1.807, 2.05) is 0 Å². The highest BCUT2D eigenvalue weighted by atomic mass is 16.6. The van der Waals surface area contributed by atoms with E-state index in [0.29, 0.717) is 0 Å². The molecule has 0 unspecified atom stereocenters. The van der Waals surface area contributed by atoms with E-state index in [4.69, 9.17) is 0 Å². The molecule has 0 radical (unpaired) electrons. The molecule has 3 N–H and O–H groups in total. The first-order valence-corrected chi connectivity index (χ1v) is 7.12. The summed E-state index contributed by atoms with van der Waals surface area (Å²) < 4.78 is 4.51. The third-order valence-electron chi connectivity index (χ3n) is 3.13. The number of aromatic nitrogens is 1. The van der Waals surface area contributed by atoms with Crippen molar-refractivity contribution >= 4 is 34.9 Å². The maximum Gasteiger partial charge on any atom is 0.339 e. The van der Waals surface area contributed by atoms with Crippen molar-refractivity contribution in [2.45, 2.75) is 0 Å². The van der Waals surface area contributed by atoms with Crippen molar-refractivity contribution in [2.75, 3.05) is 17.9 Å². The van der Waals surface area contributed by atoms with Crippen LogP contribution in [0, 0.1) is 20.2 Å². The number of anilines is 2. The topological polar surface area (TPSA) is 179 Å². The molecule has 2 amide bonds. The lowest BCUT2D eigenvalue weighted by atomic mass is 10.2. The standard InChI is InChI=1S/C14H12N6O7/c1-27-13(21)8-2-5-12(15-7-8)16-14(22)18-17-10-4-3-9(19(23)24)6-11(10)20(25)26/h2-7,17H,1H3,(H2,15,16,18,22). The number of nitrogens with one attached hydrogen (secondary N) is 3. The van der Waals surface area contributed by atoms with Crippen LogP contribution in [0.25, 0.3) is 0 Å². The Hall–Kier alpha value is -4.29. The second-order valence-electron chi connectivity index (χ2n) is 4.84. The van der Waals surface area contributed by atoms with Gasteiger partial charge >= 0.3 is 17.7 Å². The van der Waals surface area contributed by atoms with E-state index >= 15 is 0 Å². The third-order valence-corrected chi connectivity index (χ3v) is 3.13. The fourth-order valence-electron chi connectivity index (χ4n) is 1.87. The third kappa shape index (κ3) is 4.85. The van der Waals surface area contributed by atoms with Gasteiger partial charge in [-0.15, -0.1) is 0 Å². The van der Waals surface area contributed by atoms with Crippen LogP contribution < -0.4 is 16.2 Å². The summed E-state index contributed by atoms with van der Waals surface area (Å²) in [4.78, 5) is 47.0. The summed E-state index contributed by atoms with van der Waals surface area (Å²) in [5.74, 6) is -0.495. The largest absolute Gasteiger partial charge is 0.465 e. The first kappa shape index (κ1) is 19.0. The van der Waals surface area contributed by atoms with Crippen LogP contribution in [-0.4, -0.2) is 33.9 Å². The number of hydrogen-bond donors (Lipinski definition) is 3. The molecule has 27 heavy (non-hydrogen) atoms. The number of ether oxygens (including phenoxy) is 1. The molecule has 0 fully saturated rings. The molecule has 0 atom stereocenters. The predicted octanol–water partition coefficient (Wildman–Crippen LogP) is 1.83. The van der Waals surface area contributed by atoms with Crippen molar-refractivity contribution in [2.24, 2.45) is 0 Å². The van der Waals surface area contributed by atoms with E-state index in [-0.39, 0.29) is 17.1 Å². The highest BCUT2D eigenvalue weighted by molar-refractivity contribution is 5.91. The lowest BCUT2D eigenvalue weighted by molar-refractivity contribution is -0.393. The summed E-state index contributed by atoms with van der Waals surface area (Å²) in [5, 5.41) is 24.0. The molecular formula is C14H12N6O7. The molecule has 13 nitrogen and oxygen atoms in total. The van der Waals surface area contributed by atoms with Gasteiger partial charge in [0.25, 0.3) is 5.69 Å². The minimum absolute atomic E-state index is 0.0974. The molecule has 0 aliphatic rings. The number of nitrogens with zero attached hydrogens (tertiary/aromatic N) is 3. The van der Waals surface area contributed by atoms with Crippen LogP contribution in [0.15, 0.2) is 36.5 Å². The van der Waals surface area contributed by atoms with Crippen LogP contribution in [0.4, 0.5) is 27.7 Å². The zero-order valence-electron chi connectivity index (χ0n) is 13.7. The lowest BCUT2D eigenvalue weighted by Crippen LogP contribution is -2.34. The molecule has 1 heterocycles. The van der Waals surface area contributed by atoms with Crippen molar-refractivity contribution in [3.63, 3.8) is 0 Å². The zero-order valence-corrected chi connectivity index (χ0v) is 13.7. The summed E-state index contributed by atoms with van der Waals surface area (Å²) in [6, 6.07) is 4.79. The van der Waals surface area contributed by atoms with Gasteiger partial charge in [0.2, 0.25) is 0 Å². The Balaban J connectivity index is 2.02. The first-order chi connectivity index (χ1) is 12.8. The monoisotopic (exact) mass is 376 g/mol. The fourth-order valence-corrected chi connectivity index (χ4v) is 1.87. The SMILES string of the molecule is COC(=O)c1ccc(NC(=O)NNc2ccc([N+](=O)[O-])cc2[N+](=O)[O-])nc1. The molecule has 1 aromatic carbocycles. The second kappa shape index (κ2) is 8.19. The summed E-state index contributed by atoms with van der Waals surface area (Å²) in [6.07, 6.45) is 1.19. The maximum atomic E-state index is 11.8. The summed E-state index contributed by atoms with van der Waals surface area (Å²) in [6.45, 7) is 0. The van der Waals surface area contributed by atoms with Gasteiger partial charge in [0.15, 0.2) is 0 Å². The Morgan fingerprint density at radius 3 is 2.41 bits per heavy atom. The molecule has 2 rings (SSSR count). The number of carbonyl (C=O) groups is 2. The number of pyridine rings is 1. The molecule has 0 saturated heterocycles. The molecule has 2 aromatic rings. The van der Waals surface area contributed by atoms with Crippen LogP contribution in [0.3, 0.4) is 0 Å². The molecule has 0 aliphatic heterocycles. The Labute approximate surface area is 150 Å². The van der Waals surface area contributed by atoms with Gasteiger partial charge in [0.1, 0.15) is 11.5 Å². The van der Waals surface area contributed by atoms with Crippen LogP contribution >= 0.6 is 0 Å². The maximum absolute atomic E-state index is 11.8. The first-order valence-electron chi connectivity index (χ1n) is 7.12. The summed E-state index contributed by atoms with van der Waals surface area (Å²) >= 11 is 0. The molecule has 1 aromatic heterocycles. The van der Waals surface area contributed by atoms with Gasteiger partial charge < -0.3 is 4.74 Å². The van der Waals surface area contributed by atoms with Crippen molar-refractivity contribution < 1.29 is 24.2 Å². The molecule has 0 bridgehead atoms. The zero-order chi connectivity index (χ0) is 20.0. The van der Waals surface area contributed by atoms with Crippen LogP contribution in [0.1, 0.15) is 10.4 Å². The molecular weight excluding hydrogens is 364 g/mol. The molecule has 140 valence electrons. The lowest BCUT2D eigenvalue weighted by Gasteiger charge is -2.10. The predicted molar refractivity (Wildman–Crippen MR) is 91.1 cm³/mol. The molecule has 13 heteroatoms. The van der Waals surface area contributed by atoms with Crippen molar-refractivity contribution in [1.82, 2.24) is 10.4 Å². The number of nitro benzene ring substituents is 2. The van der Waals surface area contributed by atoms with Crippen molar-refractivity contribution in [1.29, 1.82) is 0 Å². The van der Waals surface area contributed by atoms with Crippen LogP contribution in [0.5, 0.6) is 0 Å². The number of urea groups is 1. The second-order valence-corrected chi connectivity index (χ2v) is 4.84. The van der Waals surface area contributed by atoms with Gasteiger partial charge in [-0.05, 0) is 18.2 Å². The Bertz CT molecular complexity index is 899. The smallest absolute Gasteiger partial charge is 0.339 e. The van der Waals surface area contributed by atoms with Crippen LogP contribution in [0.2, 0.25) is 0 Å². The number of nitro groups is 2. The Morgan fingerprint density at radius 2 is 1.85 bits per heavy atom. The van der Waals surface area contributed by atoms with Crippen molar-refractivity contribution in [3.8, 4) is 0 Å². The van der Waals surface area contributed by atoms with E-state index in [1.54, 1.807) is 0 Å². The van der Waals surface area contributed by atoms with Gasteiger partial charge in [0.05, 0.1) is 28.6 Å². The number of hydrazine groups is 1. The molecule has 0 spiro atoms. The number of benzene rings is 1. The number of rotatable bonds is 6. The van der Waals surface area contributed by atoms with Crippen LogP contribution in [-0.2, 0) is 4.74 Å². The van der Waals surface area contributed by atoms with E-state index in [1.165, 1.54) is 25.4 Å². The van der Waals surface area contributed by atoms with E-state index in [0.717, 1.165) is 18.2 Å². The molecule has 0 saturated carbocycles. The number of esters is 1. The van der Waals surface area contributed by atoms with Gasteiger partial charge in [0, 0.05) is 12.3 Å². The van der Waals surface area contributed by atoms with Gasteiger partial charge in [-0.2, -0.15) is 0 Å². The Kier molecular flexibility index (Phi) is 5.78. The van der Waals surface area contributed by atoms with Gasteiger partial charge in [-0.1, -0.05) is 0 Å². The molecule has 0 aliphatic carbocycles. The van der Waals surface area contributed by atoms with Gasteiger partial charge in [-0.25, -0.2) is 14.6 Å². The number of hydrogen-bond acceptors (Lipinski definition) is 9. The highest BCUT2D eigenvalue weighted by Gasteiger charge is 2.19. The van der Waals surface area contributed by atoms with E-state index in [2.05, 4.69) is 25.9 Å². The summed E-state index contributed by atoms with van der Waals surface area (Å²) in [7, 11) is 1.21. The minimum atomic E-state index is -0.831. The highest BCUT2D eigenvalue weighted by Crippen LogP contribution is 2.28. The number of non-ortho nitro benzene ring substituents is 1. The Morgan fingerprint density at radius 1 is 1.11 bits per heavy atom. The van der Waals surface area contributed by atoms with Crippen molar-refractivity contribution in [3.05, 3.63) is 62.3 Å². The summed E-state index contributed by atoms with van der Waals surface area (Å²) in [5.41, 5.74) is 3.39. The number of carbonyl (C=O) groups excluding carboxylic acids is 2. The quantitative estimate of drug-likeness (QED) is 0.385. The number of methoxy groups -OCH3 is 1.